The molecule has 0 radical (unpaired) electrons. The van der Waals surface area contributed by atoms with Crippen LogP contribution in [0.1, 0.15) is 53.3 Å². The topological polar surface area (TPSA) is 81.2 Å². The Labute approximate surface area is 302 Å². The Kier molecular flexibility index (Phi) is 8.00. The number of hydrogen-bond acceptors (Lipinski definition) is 3. The molecule has 1 aliphatic carbocycles. The normalized spacial score (nSPS) is 13.0. The molecule has 0 amide bonds. The molecule has 0 spiro atoms. The third-order valence-corrected chi connectivity index (χ3v) is 10.2. The molecule has 5 heteroatoms. The molecule has 0 saturated carbocycles. The minimum Gasteiger partial charge on any atom is -0.313 e. The van der Waals surface area contributed by atoms with Crippen molar-refractivity contribution in [3.05, 3.63) is 173 Å². The van der Waals surface area contributed by atoms with Crippen molar-refractivity contribution >= 4 is 49.9 Å². The maximum Gasteiger partial charge on any atom is 0.0998 e. The lowest BCUT2D eigenvalue weighted by atomic mass is 9.86. The van der Waals surface area contributed by atoms with Gasteiger partial charge in [0.05, 0.1) is 57.1 Å². The van der Waals surface area contributed by atoms with Gasteiger partial charge >= 0.3 is 0 Å². The van der Waals surface area contributed by atoms with Gasteiger partial charge in [0, 0.05) is 38.7 Å². The number of nitrogens with zero attached hydrogens (tertiary/aromatic N) is 5. The van der Waals surface area contributed by atoms with E-state index in [2.05, 4.69) is 119 Å². The van der Waals surface area contributed by atoms with Gasteiger partial charge in [-0.2, -0.15) is 15.8 Å². The molecule has 52 heavy (non-hydrogen) atoms. The first-order valence-corrected chi connectivity index (χ1v) is 17.3. The second kappa shape index (κ2) is 13.0. The summed E-state index contributed by atoms with van der Waals surface area (Å²) in [5.74, 6) is 0. The number of para-hydroxylation sites is 3. The summed E-state index contributed by atoms with van der Waals surface area (Å²) in [5, 5.41) is 33.9. The summed E-state index contributed by atoms with van der Waals surface area (Å²) >= 11 is 0. The maximum absolute atomic E-state index is 10.4. The quantitative estimate of drug-likeness (QED) is 0.131. The van der Waals surface area contributed by atoms with E-state index in [1.165, 1.54) is 10.8 Å². The molecule has 0 fully saturated rings. The van der Waals surface area contributed by atoms with E-state index >= 15 is 0 Å². The van der Waals surface area contributed by atoms with Gasteiger partial charge in [0.1, 0.15) is 0 Å². The van der Waals surface area contributed by atoms with Gasteiger partial charge in [-0.25, -0.2) is 0 Å². The average molecular weight is 668 g/mol. The first-order valence-electron chi connectivity index (χ1n) is 17.3. The Hall–Kier alpha value is -7.13. The van der Waals surface area contributed by atoms with Gasteiger partial charge in [0.2, 0.25) is 0 Å². The third kappa shape index (κ3) is 5.14. The molecular weight excluding hydrogens is 635 g/mol. The number of hydrogen-bond donors (Lipinski definition) is 0. The molecule has 2 heterocycles. The molecule has 0 unspecified atom stereocenters. The molecule has 0 bridgehead atoms. The average Bonchev–Trinajstić information content (AvgIpc) is 3.67. The van der Waals surface area contributed by atoms with Crippen LogP contribution in [0.4, 0.5) is 0 Å². The standard InChI is InChI=1S/C47H33N5/c1-30(2)35(28-49)26-42-31(3)51(43-15-7-6-14-41(42)43)37-23-24-38(36(25-37)29-50)32-19-21-33(22-20-32)47-34(27-48)11-10-18-46(47)52-44-16-8-4-12-39(44)40-13-5-9-17-45(40)52/h4-19,21,23-26H,1,20,22H2,2-3H3/b35-26-. The summed E-state index contributed by atoms with van der Waals surface area (Å²) in [6.45, 7) is 7.87. The SMILES string of the molecule is C=C(C)/C(C#N)=C\c1c(C)n(-c2ccc(C3=CC=C(c4c(C#N)cccc4-n4c5ccccc5c5ccccc54)CC3)c(C#N)c2)c2ccccc12. The molecule has 0 aliphatic heterocycles. The molecule has 7 aromatic rings. The minimum atomic E-state index is 0.537. The van der Waals surface area contributed by atoms with Gasteiger partial charge in [-0.1, -0.05) is 85.5 Å². The van der Waals surface area contributed by atoms with Crippen molar-refractivity contribution in [1.29, 1.82) is 15.8 Å². The fourth-order valence-corrected chi connectivity index (χ4v) is 7.76. The van der Waals surface area contributed by atoms with Gasteiger partial charge in [-0.15, -0.1) is 0 Å². The fraction of sp³-hybridized carbons (Fsp3) is 0.0851. The Morgan fingerprint density at radius 3 is 1.87 bits per heavy atom. The summed E-state index contributed by atoms with van der Waals surface area (Å²) in [7, 11) is 0. The summed E-state index contributed by atoms with van der Waals surface area (Å²) in [6, 6.07) is 44.2. The van der Waals surface area contributed by atoms with Crippen molar-refractivity contribution < 1.29 is 0 Å². The summed E-state index contributed by atoms with van der Waals surface area (Å²) < 4.78 is 4.43. The highest BCUT2D eigenvalue weighted by molar-refractivity contribution is 6.09. The van der Waals surface area contributed by atoms with Gasteiger partial charge in [-0.3, -0.25) is 0 Å². The lowest BCUT2D eigenvalue weighted by Gasteiger charge is -2.21. The van der Waals surface area contributed by atoms with E-state index in [9.17, 15) is 15.8 Å². The second-order valence-corrected chi connectivity index (χ2v) is 13.2. The maximum atomic E-state index is 10.4. The largest absolute Gasteiger partial charge is 0.313 e. The predicted octanol–water partition coefficient (Wildman–Crippen LogP) is 11.5. The Bertz CT molecular complexity index is 2810. The zero-order valence-electron chi connectivity index (χ0n) is 29.0. The van der Waals surface area contributed by atoms with Gasteiger partial charge in [0.15, 0.2) is 0 Å². The first kappa shape index (κ1) is 32.1. The van der Waals surface area contributed by atoms with E-state index in [4.69, 9.17) is 0 Å². The van der Waals surface area contributed by atoms with Crippen LogP contribution in [-0.2, 0) is 0 Å². The zero-order valence-corrected chi connectivity index (χ0v) is 29.0. The van der Waals surface area contributed by atoms with Crippen LogP contribution in [-0.4, -0.2) is 9.13 Å². The highest BCUT2D eigenvalue weighted by atomic mass is 15.0. The Morgan fingerprint density at radius 1 is 0.673 bits per heavy atom. The lowest BCUT2D eigenvalue weighted by Crippen LogP contribution is -2.04. The van der Waals surface area contributed by atoms with E-state index in [0.29, 0.717) is 22.3 Å². The van der Waals surface area contributed by atoms with Gasteiger partial charge in [0.25, 0.3) is 0 Å². The van der Waals surface area contributed by atoms with E-state index < -0.39 is 0 Å². The van der Waals surface area contributed by atoms with Gasteiger partial charge in [-0.05, 0) is 97.5 Å². The Balaban J connectivity index is 1.22. The van der Waals surface area contributed by atoms with Crippen LogP contribution in [0.5, 0.6) is 0 Å². The molecule has 1 aliphatic rings. The predicted molar refractivity (Wildman–Crippen MR) is 212 cm³/mol. The molecule has 2 aromatic heterocycles. The van der Waals surface area contributed by atoms with E-state index in [0.717, 1.165) is 79.7 Å². The molecule has 0 N–H and O–H groups in total. The number of rotatable bonds is 6. The van der Waals surface area contributed by atoms with E-state index in [-0.39, 0.29) is 0 Å². The Morgan fingerprint density at radius 2 is 1.27 bits per heavy atom. The first-order chi connectivity index (χ1) is 25.4. The highest BCUT2D eigenvalue weighted by Gasteiger charge is 2.22. The summed E-state index contributed by atoms with van der Waals surface area (Å²) in [5.41, 5.74) is 13.5. The smallest absolute Gasteiger partial charge is 0.0998 e. The molecule has 0 atom stereocenters. The highest BCUT2D eigenvalue weighted by Crippen LogP contribution is 2.40. The number of nitriles is 3. The number of fused-ring (bicyclic) bond motifs is 4. The van der Waals surface area contributed by atoms with E-state index in [1.54, 1.807) is 0 Å². The molecular formula is C47H33N5. The van der Waals surface area contributed by atoms with E-state index in [1.807, 2.05) is 56.3 Å². The van der Waals surface area contributed by atoms with Crippen molar-refractivity contribution in [3.63, 3.8) is 0 Å². The molecule has 5 aromatic carbocycles. The van der Waals surface area contributed by atoms with Crippen LogP contribution in [0.2, 0.25) is 0 Å². The molecule has 246 valence electrons. The van der Waals surface area contributed by atoms with Crippen molar-refractivity contribution in [2.45, 2.75) is 26.7 Å². The van der Waals surface area contributed by atoms with Crippen molar-refractivity contribution in [3.8, 4) is 29.6 Å². The monoisotopic (exact) mass is 667 g/mol. The van der Waals surface area contributed by atoms with Crippen LogP contribution >= 0.6 is 0 Å². The van der Waals surface area contributed by atoms with Crippen molar-refractivity contribution in [2.75, 3.05) is 0 Å². The van der Waals surface area contributed by atoms with Crippen LogP contribution < -0.4 is 0 Å². The third-order valence-electron chi connectivity index (χ3n) is 10.2. The minimum absolute atomic E-state index is 0.537. The summed E-state index contributed by atoms with van der Waals surface area (Å²) in [4.78, 5) is 0. The van der Waals surface area contributed by atoms with Crippen LogP contribution in [0.15, 0.2) is 139 Å². The number of aromatic nitrogens is 2. The zero-order chi connectivity index (χ0) is 35.9. The summed E-state index contributed by atoms with van der Waals surface area (Å²) in [6.07, 6.45) is 7.59. The lowest BCUT2D eigenvalue weighted by molar-refractivity contribution is 1.04. The number of allylic oxidation sites excluding steroid dienone is 6. The molecule has 5 nitrogen and oxygen atoms in total. The van der Waals surface area contributed by atoms with Gasteiger partial charge < -0.3 is 9.13 Å². The molecule has 0 saturated heterocycles. The van der Waals surface area contributed by atoms with Crippen molar-refractivity contribution in [2.24, 2.45) is 0 Å². The fourth-order valence-electron chi connectivity index (χ4n) is 7.76. The van der Waals surface area contributed by atoms with Crippen molar-refractivity contribution in [1.82, 2.24) is 9.13 Å². The van der Waals surface area contributed by atoms with Crippen LogP contribution in [0, 0.1) is 40.9 Å². The second-order valence-electron chi connectivity index (χ2n) is 13.2. The van der Waals surface area contributed by atoms with Crippen LogP contribution in [0.3, 0.4) is 0 Å². The number of benzene rings is 5. The van der Waals surface area contributed by atoms with Crippen LogP contribution in [0.25, 0.3) is 61.3 Å². The molecule has 8 rings (SSSR count).